The second-order valence-electron chi connectivity index (χ2n) is 5.97. The van der Waals surface area contributed by atoms with Crippen LogP contribution in [0, 0.1) is 5.92 Å². The number of hydrogen-bond acceptors (Lipinski definition) is 3. The van der Waals surface area contributed by atoms with Crippen molar-refractivity contribution in [1.29, 1.82) is 0 Å². The molecule has 1 fully saturated rings. The first-order valence-electron chi connectivity index (χ1n) is 7.47. The predicted octanol–water partition coefficient (Wildman–Crippen LogP) is 2.60. The van der Waals surface area contributed by atoms with Crippen LogP contribution in [0.3, 0.4) is 0 Å². The summed E-state index contributed by atoms with van der Waals surface area (Å²) in [5, 5.41) is 2.92. The van der Waals surface area contributed by atoms with Crippen LogP contribution in [0.5, 0.6) is 0 Å². The highest BCUT2D eigenvalue weighted by molar-refractivity contribution is 5.95. The summed E-state index contributed by atoms with van der Waals surface area (Å²) < 4.78 is 0. The number of benzene rings is 1. The van der Waals surface area contributed by atoms with E-state index in [2.05, 4.69) is 30.1 Å². The lowest BCUT2D eigenvalue weighted by Crippen LogP contribution is -2.36. The van der Waals surface area contributed by atoms with Gasteiger partial charge < -0.3 is 16.0 Å². The Balaban J connectivity index is 1.98. The number of nitrogens with two attached hydrogens (primary N) is 1. The van der Waals surface area contributed by atoms with E-state index in [0.717, 1.165) is 18.8 Å². The number of nitrogens with zero attached hydrogens (tertiary/aromatic N) is 1. The van der Waals surface area contributed by atoms with Gasteiger partial charge in [0.1, 0.15) is 0 Å². The summed E-state index contributed by atoms with van der Waals surface area (Å²) in [4.78, 5) is 14.4. The highest BCUT2D eigenvalue weighted by atomic mass is 16.2. The molecule has 1 saturated heterocycles. The molecule has 110 valence electrons. The van der Waals surface area contributed by atoms with E-state index in [-0.39, 0.29) is 5.91 Å². The first-order valence-corrected chi connectivity index (χ1v) is 7.47. The second kappa shape index (κ2) is 6.75. The minimum absolute atomic E-state index is 0.0997. The lowest BCUT2D eigenvalue weighted by Gasteiger charge is -2.19. The predicted molar refractivity (Wildman–Crippen MR) is 83.9 cm³/mol. The summed E-state index contributed by atoms with van der Waals surface area (Å²) in [5.74, 6) is 0.323. The summed E-state index contributed by atoms with van der Waals surface area (Å²) in [6, 6.07) is 7.59. The molecular formula is C16H25N3O. The first kappa shape index (κ1) is 14.9. The quantitative estimate of drug-likeness (QED) is 0.868. The van der Waals surface area contributed by atoms with E-state index < -0.39 is 6.04 Å². The minimum atomic E-state index is -0.439. The van der Waals surface area contributed by atoms with E-state index in [1.807, 2.05) is 18.2 Å². The average Bonchev–Trinajstić information content (AvgIpc) is 2.92. The Morgan fingerprint density at radius 1 is 1.35 bits per heavy atom. The zero-order valence-corrected chi connectivity index (χ0v) is 12.4. The Kier molecular flexibility index (Phi) is 5.01. The van der Waals surface area contributed by atoms with Gasteiger partial charge in [-0.05, 0) is 43.4 Å². The van der Waals surface area contributed by atoms with Crippen molar-refractivity contribution < 1.29 is 4.79 Å². The topological polar surface area (TPSA) is 58.4 Å². The van der Waals surface area contributed by atoms with Crippen LogP contribution in [0.15, 0.2) is 24.3 Å². The fraction of sp³-hybridized carbons (Fsp3) is 0.562. The molecule has 1 atom stereocenters. The molecule has 1 aromatic carbocycles. The van der Waals surface area contributed by atoms with Crippen molar-refractivity contribution in [3.8, 4) is 0 Å². The first-order chi connectivity index (χ1) is 9.56. The number of carbonyl (C=O) groups is 1. The lowest BCUT2D eigenvalue weighted by atomic mass is 10.0. The summed E-state index contributed by atoms with van der Waals surface area (Å²) in [6.07, 6.45) is 3.20. The van der Waals surface area contributed by atoms with E-state index in [1.54, 1.807) is 0 Å². The third-order valence-electron chi connectivity index (χ3n) is 3.65. The molecule has 0 radical (unpaired) electrons. The molecule has 4 nitrogen and oxygen atoms in total. The molecule has 1 heterocycles. The normalized spacial score (nSPS) is 16.5. The van der Waals surface area contributed by atoms with E-state index in [1.165, 1.54) is 18.5 Å². The summed E-state index contributed by atoms with van der Waals surface area (Å²) in [5.41, 5.74) is 7.91. The van der Waals surface area contributed by atoms with Crippen LogP contribution in [-0.4, -0.2) is 25.0 Å². The second-order valence-corrected chi connectivity index (χ2v) is 5.97. The van der Waals surface area contributed by atoms with E-state index in [4.69, 9.17) is 5.73 Å². The van der Waals surface area contributed by atoms with Crippen molar-refractivity contribution in [2.24, 2.45) is 11.7 Å². The zero-order chi connectivity index (χ0) is 14.5. The largest absolute Gasteiger partial charge is 0.371 e. The highest BCUT2D eigenvalue weighted by Gasteiger charge is 2.16. The van der Waals surface area contributed by atoms with Gasteiger partial charge in [0.25, 0.3) is 0 Å². The van der Waals surface area contributed by atoms with Crippen LogP contribution >= 0.6 is 0 Å². The maximum atomic E-state index is 12.0. The van der Waals surface area contributed by atoms with Gasteiger partial charge in [0, 0.05) is 24.5 Å². The van der Waals surface area contributed by atoms with E-state index in [9.17, 15) is 4.79 Å². The summed E-state index contributed by atoms with van der Waals surface area (Å²) >= 11 is 0. The van der Waals surface area contributed by atoms with Gasteiger partial charge in [-0.2, -0.15) is 0 Å². The van der Waals surface area contributed by atoms with Crippen LogP contribution in [-0.2, 0) is 4.79 Å². The zero-order valence-electron chi connectivity index (χ0n) is 12.4. The van der Waals surface area contributed by atoms with Gasteiger partial charge in [-0.15, -0.1) is 0 Å². The molecule has 0 spiro atoms. The van der Waals surface area contributed by atoms with Gasteiger partial charge in [-0.25, -0.2) is 0 Å². The van der Waals surface area contributed by atoms with Crippen LogP contribution in [0.4, 0.5) is 11.4 Å². The maximum absolute atomic E-state index is 12.0. The molecule has 0 bridgehead atoms. The standard InChI is InChI=1S/C16H25N3O/c1-12(2)10-15(17)16(20)18-13-6-5-7-14(11-13)19-8-3-4-9-19/h5-7,11-12,15H,3-4,8-10,17H2,1-2H3,(H,18,20)/t15-/m0/s1. The van der Waals surface area contributed by atoms with Gasteiger partial charge in [0.15, 0.2) is 0 Å². The Morgan fingerprint density at radius 3 is 2.70 bits per heavy atom. The van der Waals surface area contributed by atoms with Crippen molar-refractivity contribution in [3.63, 3.8) is 0 Å². The van der Waals surface area contributed by atoms with E-state index in [0.29, 0.717) is 12.3 Å². The van der Waals surface area contributed by atoms with Crippen molar-refractivity contribution in [2.45, 2.75) is 39.2 Å². The van der Waals surface area contributed by atoms with Crippen LogP contribution < -0.4 is 16.0 Å². The fourth-order valence-corrected chi connectivity index (χ4v) is 2.61. The Hall–Kier alpha value is -1.55. The Labute approximate surface area is 121 Å². The van der Waals surface area contributed by atoms with Crippen LogP contribution in [0.25, 0.3) is 0 Å². The Bertz CT molecular complexity index is 453. The SMILES string of the molecule is CC(C)C[C@H](N)C(=O)Nc1cccc(N2CCCC2)c1. The summed E-state index contributed by atoms with van der Waals surface area (Å²) in [7, 11) is 0. The molecule has 4 heteroatoms. The van der Waals surface area contributed by atoms with Crippen molar-refractivity contribution >= 4 is 17.3 Å². The molecule has 0 aliphatic carbocycles. The van der Waals surface area contributed by atoms with Gasteiger partial charge in [-0.1, -0.05) is 19.9 Å². The molecule has 1 aliphatic rings. The lowest BCUT2D eigenvalue weighted by molar-refractivity contribution is -0.117. The van der Waals surface area contributed by atoms with Crippen molar-refractivity contribution in [2.75, 3.05) is 23.3 Å². The molecule has 0 saturated carbocycles. The number of amides is 1. The summed E-state index contributed by atoms with van der Waals surface area (Å²) in [6.45, 7) is 6.34. The number of carbonyl (C=O) groups excluding carboxylic acids is 1. The number of rotatable bonds is 5. The fourth-order valence-electron chi connectivity index (χ4n) is 2.61. The molecule has 2 rings (SSSR count). The van der Waals surface area contributed by atoms with Gasteiger partial charge in [-0.3, -0.25) is 4.79 Å². The van der Waals surface area contributed by atoms with Gasteiger partial charge >= 0.3 is 0 Å². The third kappa shape index (κ3) is 3.97. The molecular weight excluding hydrogens is 250 g/mol. The molecule has 0 aromatic heterocycles. The van der Waals surface area contributed by atoms with Gasteiger partial charge in [0.2, 0.25) is 5.91 Å². The highest BCUT2D eigenvalue weighted by Crippen LogP contribution is 2.23. The van der Waals surface area contributed by atoms with Gasteiger partial charge in [0.05, 0.1) is 6.04 Å². The average molecular weight is 275 g/mol. The number of hydrogen-bond donors (Lipinski definition) is 2. The Morgan fingerprint density at radius 2 is 2.05 bits per heavy atom. The monoisotopic (exact) mass is 275 g/mol. The molecule has 0 unspecified atom stereocenters. The van der Waals surface area contributed by atoms with Crippen molar-refractivity contribution in [1.82, 2.24) is 0 Å². The molecule has 20 heavy (non-hydrogen) atoms. The molecule has 1 aliphatic heterocycles. The van der Waals surface area contributed by atoms with Crippen LogP contribution in [0.2, 0.25) is 0 Å². The smallest absolute Gasteiger partial charge is 0.241 e. The van der Waals surface area contributed by atoms with E-state index >= 15 is 0 Å². The third-order valence-corrected chi connectivity index (χ3v) is 3.65. The van der Waals surface area contributed by atoms with Crippen molar-refractivity contribution in [3.05, 3.63) is 24.3 Å². The number of nitrogens with one attached hydrogen (secondary N) is 1. The maximum Gasteiger partial charge on any atom is 0.241 e. The molecule has 3 N–H and O–H groups in total. The molecule has 1 aromatic rings. The van der Waals surface area contributed by atoms with Crippen LogP contribution in [0.1, 0.15) is 33.1 Å². The number of anilines is 2. The minimum Gasteiger partial charge on any atom is -0.371 e. The molecule has 1 amide bonds.